The van der Waals surface area contributed by atoms with E-state index < -0.39 is 0 Å². The molecule has 0 aromatic carbocycles. The van der Waals surface area contributed by atoms with E-state index in [4.69, 9.17) is 5.73 Å². The zero-order valence-electron chi connectivity index (χ0n) is 9.95. The fourth-order valence-corrected chi connectivity index (χ4v) is 2.17. The molecule has 0 aliphatic carbocycles. The van der Waals surface area contributed by atoms with Crippen molar-refractivity contribution in [1.82, 2.24) is 9.55 Å². The molecule has 1 aromatic rings. The molecule has 15 heavy (non-hydrogen) atoms. The van der Waals surface area contributed by atoms with E-state index in [1.807, 2.05) is 6.20 Å². The summed E-state index contributed by atoms with van der Waals surface area (Å²) in [5.74, 6) is 1.23. The van der Waals surface area contributed by atoms with Gasteiger partial charge in [0.1, 0.15) is 5.82 Å². The van der Waals surface area contributed by atoms with Gasteiger partial charge in [-0.2, -0.15) is 0 Å². The molecule has 2 N–H and O–H groups in total. The predicted molar refractivity (Wildman–Crippen MR) is 61.7 cm³/mol. The van der Waals surface area contributed by atoms with Crippen molar-refractivity contribution in [3.05, 3.63) is 17.7 Å². The van der Waals surface area contributed by atoms with Crippen LogP contribution in [-0.4, -0.2) is 15.6 Å². The van der Waals surface area contributed by atoms with Gasteiger partial charge in [0.25, 0.3) is 0 Å². The molecule has 1 atom stereocenters. The Morgan fingerprint density at radius 1 is 1.53 bits per heavy atom. The molecule has 84 valence electrons. The van der Waals surface area contributed by atoms with Gasteiger partial charge in [-0.05, 0) is 11.8 Å². The van der Waals surface area contributed by atoms with Gasteiger partial charge in [0.05, 0.1) is 0 Å². The van der Waals surface area contributed by atoms with E-state index in [2.05, 4.69) is 30.3 Å². The third-order valence-electron chi connectivity index (χ3n) is 2.90. The fourth-order valence-electron chi connectivity index (χ4n) is 2.17. The normalized spacial score (nSPS) is 21.5. The van der Waals surface area contributed by atoms with Crippen LogP contribution in [0.25, 0.3) is 0 Å². The number of imidazole rings is 1. The molecule has 0 fully saturated rings. The second-order valence-electron chi connectivity index (χ2n) is 5.81. The molecular weight excluding hydrogens is 186 g/mol. The molecule has 1 aromatic heterocycles. The Balaban J connectivity index is 2.21. The van der Waals surface area contributed by atoms with Gasteiger partial charge in [0.2, 0.25) is 0 Å². The lowest BCUT2D eigenvalue weighted by Crippen LogP contribution is -2.31. The van der Waals surface area contributed by atoms with Gasteiger partial charge in [-0.3, -0.25) is 0 Å². The number of rotatable bonds is 1. The van der Waals surface area contributed by atoms with Crippen molar-refractivity contribution >= 4 is 0 Å². The van der Waals surface area contributed by atoms with Crippen LogP contribution in [0.2, 0.25) is 0 Å². The second kappa shape index (κ2) is 3.63. The minimum absolute atomic E-state index is 0.307. The summed E-state index contributed by atoms with van der Waals surface area (Å²) in [7, 11) is 0. The van der Waals surface area contributed by atoms with Crippen LogP contribution >= 0.6 is 0 Å². The summed E-state index contributed by atoms with van der Waals surface area (Å²) in [6.07, 6.45) is 5.11. The molecule has 0 spiro atoms. The van der Waals surface area contributed by atoms with Crippen molar-refractivity contribution in [1.29, 1.82) is 0 Å². The van der Waals surface area contributed by atoms with E-state index in [0.717, 1.165) is 25.8 Å². The second-order valence-corrected chi connectivity index (χ2v) is 5.81. The van der Waals surface area contributed by atoms with Gasteiger partial charge in [0, 0.05) is 37.3 Å². The zero-order valence-corrected chi connectivity index (χ0v) is 9.95. The maximum Gasteiger partial charge on any atom is 0.109 e. The molecule has 1 unspecified atom stereocenters. The number of hydrogen-bond donors (Lipinski definition) is 1. The molecule has 3 nitrogen and oxygen atoms in total. The van der Waals surface area contributed by atoms with Gasteiger partial charge >= 0.3 is 0 Å². The van der Waals surface area contributed by atoms with Crippen molar-refractivity contribution in [3.8, 4) is 0 Å². The highest BCUT2D eigenvalue weighted by atomic mass is 15.1. The van der Waals surface area contributed by atoms with Crippen LogP contribution in [0.1, 0.15) is 38.7 Å². The lowest BCUT2D eigenvalue weighted by molar-refractivity contribution is 0.379. The van der Waals surface area contributed by atoms with Crippen LogP contribution < -0.4 is 5.73 Å². The summed E-state index contributed by atoms with van der Waals surface area (Å²) in [6.45, 7) is 7.80. The molecule has 2 heterocycles. The lowest BCUT2D eigenvalue weighted by atomic mass is 9.92. The van der Waals surface area contributed by atoms with Crippen molar-refractivity contribution < 1.29 is 0 Å². The fraction of sp³-hybridized carbons (Fsp3) is 0.750. The number of fused-ring (bicyclic) bond motifs is 1. The summed E-state index contributed by atoms with van der Waals surface area (Å²) in [5.41, 5.74) is 7.57. The van der Waals surface area contributed by atoms with Gasteiger partial charge in [-0.1, -0.05) is 20.8 Å². The van der Waals surface area contributed by atoms with Crippen molar-refractivity contribution in [3.63, 3.8) is 0 Å². The highest BCUT2D eigenvalue weighted by molar-refractivity contribution is 5.11. The van der Waals surface area contributed by atoms with Crippen LogP contribution in [-0.2, 0) is 19.4 Å². The van der Waals surface area contributed by atoms with Crippen LogP contribution in [0.5, 0.6) is 0 Å². The average Bonchev–Trinajstić information content (AvgIpc) is 2.45. The lowest BCUT2D eigenvalue weighted by Gasteiger charge is -2.24. The van der Waals surface area contributed by atoms with Gasteiger partial charge in [-0.15, -0.1) is 0 Å². The Morgan fingerprint density at radius 3 is 2.93 bits per heavy atom. The van der Waals surface area contributed by atoms with Crippen LogP contribution in [0, 0.1) is 5.41 Å². The molecule has 0 amide bonds. The maximum absolute atomic E-state index is 5.94. The van der Waals surface area contributed by atoms with Gasteiger partial charge in [-0.25, -0.2) is 4.98 Å². The summed E-state index contributed by atoms with van der Waals surface area (Å²) >= 11 is 0. The first-order valence-corrected chi connectivity index (χ1v) is 5.74. The number of hydrogen-bond acceptors (Lipinski definition) is 2. The van der Waals surface area contributed by atoms with Crippen LogP contribution in [0.15, 0.2) is 6.20 Å². The summed E-state index contributed by atoms with van der Waals surface area (Å²) in [4.78, 5) is 4.53. The van der Waals surface area contributed by atoms with Crippen molar-refractivity contribution in [2.24, 2.45) is 11.1 Å². The largest absolute Gasteiger partial charge is 0.332 e. The van der Waals surface area contributed by atoms with Crippen molar-refractivity contribution in [2.45, 2.75) is 52.6 Å². The smallest absolute Gasteiger partial charge is 0.109 e. The maximum atomic E-state index is 5.94. The molecular formula is C12H21N3. The minimum Gasteiger partial charge on any atom is -0.332 e. The molecule has 2 rings (SSSR count). The third-order valence-corrected chi connectivity index (χ3v) is 2.90. The summed E-state index contributed by atoms with van der Waals surface area (Å²) in [5, 5.41) is 0. The van der Waals surface area contributed by atoms with Gasteiger partial charge in [0.15, 0.2) is 0 Å². The van der Waals surface area contributed by atoms with Crippen LogP contribution in [0.4, 0.5) is 0 Å². The van der Waals surface area contributed by atoms with Crippen molar-refractivity contribution in [2.75, 3.05) is 0 Å². The Hall–Kier alpha value is -0.830. The first kappa shape index (κ1) is 10.7. The highest BCUT2D eigenvalue weighted by Gasteiger charge is 2.21. The molecule has 1 aliphatic heterocycles. The van der Waals surface area contributed by atoms with Crippen LogP contribution in [0.3, 0.4) is 0 Å². The molecule has 0 bridgehead atoms. The number of nitrogens with zero attached hydrogens (tertiary/aromatic N) is 2. The average molecular weight is 207 g/mol. The van der Waals surface area contributed by atoms with E-state index in [9.17, 15) is 0 Å². The van der Waals surface area contributed by atoms with E-state index >= 15 is 0 Å². The minimum atomic E-state index is 0.307. The number of aromatic nitrogens is 2. The third kappa shape index (κ3) is 2.40. The Morgan fingerprint density at radius 2 is 2.27 bits per heavy atom. The van der Waals surface area contributed by atoms with E-state index in [1.165, 1.54) is 11.5 Å². The summed E-state index contributed by atoms with van der Waals surface area (Å²) < 4.78 is 2.36. The molecule has 1 aliphatic rings. The standard InChI is InChI=1S/C12H21N3/c1-12(2,3)7-11-14-8-10-6-9(13)4-5-15(10)11/h8-9H,4-7,13H2,1-3H3. The monoisotopic (exact) mass is 207 g/mol. The Bertz CT molecular complexity index is 346. The van der Waals surface area contributed by atoms with E-state index in [1.54, 1.807) is 0 Å². The topological polar surface area (TPSA) is 43.8 Å². The predicted octanol–water partition coefficient (Wildman–Crippen LogP) is 1.75. The Kier molecular flexibility index (Phi) is 2.59. The zero-order chi connectivity index (χ0) is 11.1. The van der Waals surface area contributed by atoms with E-state index in [-0.39, 0.29) is 0 Å². The molecule has 0 saturated heterocycles. The Labute approximate surface area is 91.7 Å². The molecule has 3 heteroatoms. The number of nitrogens with two attached hydrogens (primary N) is 1. The van der Waals surface area contributed by atoms with E-state index in [0.29, 0.717) is 11.5 Å². The van der Waals surface area contributed by atoms with Gasteiger partial charge < -0.3 is 10.3 Å². The molecule has 0 radical (unpaired) electrons. The molecule has 0 saturated carbocycles. The quantitative estimate of drug-likeness (QED) is 0.762. The first-order chi connectivity index (χ1) is 6.96. The highest BCUT2D eigenvalue weighted by Crippen LogP contribution is 2.23. The first-order valence-electron chi connectivity index (χ1n) is 5.74. The summed E-state index contributed by atoms with van der Waals surface area (Å²) in [6, 6.07) is 0.330. The SMILES string of the molecule is CC(C)(C)Cc1ncc2n1CCC(N)C2.